The minimum atomic E-state index is -0.527. The molecule has 8 nitrogen and oxygen atoms in total. The van der Waals surface area contributed by atoms with E-state index in [4.69, 9.17) is 9.47 Å². The monoisotopic (exact) mass is 595 g/mol. The average molecular weight is 596 g/mol. The van der Waals surface area contributed by atoms with Crippen molar-refractivity contribution in [2.45, 2.75) is 24.0 Å². The van der Waals surface area contributed by atoms with Gasteiger partial charge in [-0.25, -0.2) is 0 Å². The summed E-state index contributed by atoms with van der Waals surface area (Å²) in [6.45, 7) is 3.83. The van der Waals surface area contributed by atoms with Crippen molar-refractivity contribution in [3.8, 4) is 11.5 Å². The third-order valence-electron chi connectivity index (χ3n) is 6.38. The van der Waals surface area contributed by atoms with Crippen LogP contribution in [0.3, 0.4) is 0 Å². The van der Waals surface area contributed by atoms with Crippen LogP contribution in [-0.4, -0.2) is 37.2 Å². The Labute approximate surface area is 255 Å². The first-order chi connectivity index (χ1) is 20.8. The van der Waals surface area contributed by atoms with E-state index in [1.807, 2.05) is 50.2 Å². The van der Waals surface area contributed by atoms with Crippen molar-refractivity contribution in [2.75, 3.05) is 24.9 Å². The van der Waals surface area contributed by atoms with E-state index in [1.54, 1.807) is 60.7 Å². The van der Waals surface area contributed by atoms with Gasteiger partial charge in [-0.1, -0.05) is 48.0 Å². The summed E-state index contributed by atoms with van der Waals surface area (Å²) in [5.74, 6) is -0.163. The summed E-state index contributed by atoms with van der Waals surface area (Å²) in [5.41, 5.74) is 3.35. The highest BCUT2D eigenvalue weighted by Crippen LogP contribution is 2.32. The Morgan fingerprint density at radius 3 is 2.07 bits per heavy atom. The number of para-hydroxylation sites is 1. The Kier molecular flexibility index (Phi) is 10.6. The number of ether oxygens (including phenoxy) is 2. The number of amides is 3. The zero-order valence-electron chi connectivity index (χ0n) is 24.3. The van der Waals surface area contributed by atoms with Crippen molar-refractivity contribution in [1.29, 1.82) is 0 Å². The molecule has 4 aromatic carbocycles. The number of hydrogen-bond acceptors (Lipinski definition) is 6. The van der Waals surface area contributed by atoms with E-state index >= 15 is 0 Å². The molecule has 4 aromatic rings. The van der Waals surface area contributed by atoms with E-state index in [1.165, 1.54) is 32.1 Å². The Balaban J connectivity index is 1.49. The van der Waals surface area contributed by atoms with E-state index in [0.29, 0.717) is 28.3 Å². The van der Waals surface area contributed by atoms with Crippen molar-refractivity contribution in [1.82, 2.24) is 5.32 Å². The summed E-state index contributed by atoms with van der Waals surface area (Å²) in [5, 5.41) is 8.15. The van der Waals surface area contributed by atoms with Crippen LogP contribution in [0.25, 0.3) is 6.08 Å². The number of hydrogen-bond donors (Lipinski definition) is 3. The van der Waals surface area contributed by atoms with Crippen molar-refractivity contribution >= 4 is 46.9 Å². The fourth-order valence-corrected chi connectivity index (χ4v) is 4.94. The Hall–Kier alpha value is -5.02. The molecule has 0 saturated carbocycles. The van der Waals surface area contributed by atoms with Gasteiger partial charge in [0.1, 0.15) is 5.70 Å². The molecule has 43 heavy (non-hydrogen) atoms. The number of benzene rings is 4. The fourth-order valence-electron chi connectivity index (χ4n) is 4.08. The molecule has 0 heterocycles. The molecule has 3 amide bonds. The summed E-state index contributed by atoms with van der Waals surface area (Å²) in [6.07, 6.45) is 1.54. The maximum absolute atomic E-state index is 13.5. The molecule has 0 bridgehead atoms. The van der Waals surface area contributed by atoms with Crippen molar-refractivity contribution in [3.63, 3.8) is 0 Å². The van der Waals surface area contributed by atoms with Gasteiger partial charge in [0, 0.05) is 27.4 Å². The van der Waals surface area contributed by atoms with Crippen LogP contribution in [0.5, 0.6) is 11.5 Å². The Morgan fingerprint density at radius 1 is 0.767 bits per heavy atom. The minimum absolute atomic E-state index is 0.0141. The van der Waals surface area contributed by atoms with Crippen LogP contribution in [0, 0.1) is 6.92 Å². The molecule has 0 radical (unpaired) electrons. The van der Waals surface area contributed by atoms with E-state index in [2.05, 4.69) is 16.0 Å². The second-order valence-electron chi connectivity index (χ2n) is 9.55. The molecule has 3 N–H and O–H groups in total. The van der Waals surface area contributed by atoms with Gasteiger partial charge in [0.15, 0.2) is 11.5 Å². The number of thioether (sulfide) groups is 1. The lowest BCUT2D eigenvalue weighted by Gasteiger charge is -2.14. The molecule has 0 aromatic heterocycles. The molecule has 0 aliphatic carbocycles. The second-order valence-corrected chi connectivity index (χ2v) is 11.0. The first kappa shape index (κ1) is 30.9. The molecule has 0 aliphatic rings. The van der Waals surface area contributed by atoms with Gasteiger partial charge in [-0.3, -0.25) is 14.4 Å². The average Bonchev–Trinajstić information content (AvgIpc) is 3.02. The van der Waals surface area contributed by atoms with Crippen LogP contribution < -0.4 is 25.4 Å². The Bertz CT molecular complexity index is 1600. The third-order valence-corrected chi connectivity index (χ3v) is 7.49. The van der Waals surface area contributed by atoms with E-state index in [-0.39, 0.29) is 16.9 Å². The molecule has 0 aliphatic heterocycles. The van der Waals surface area contributed by atoms with Gasteiger partial charge in [0.25, 0.3) is 11.8 Å². The van der Waals surface area contributed by atoms with Gasteiger partial charge in [-0.15, -0.1) is 11.8 Å². The van der Waals surface area contributed by atoms with E-state index < -0.39 is 11.8 Å². The molecular formula is C34H33N3O5S. The van der Waals surface area contributed by atoms with Crippen LogP contribution in [0.15, 0.2) is 108 Å². The lowest BCUT2D eigenvalue weighted by Crippen LogP contribution is -2.30. The predicted octanol–water partition coefficient (Wildman–Crippen LogP) is 6.54. The van der Waals surface area contributed by atoms with Gasteiger partial charge < -0.3 is 25.4 Å². The highest BCUT2D eigenvalue weighted by Gasteiger charge is 2.18. The summed E-state index contributed by atoms with van der Waals surface area (Å²) < 4.78 is 10.9. The normalized spacial score (nSPS) is 11.7. The highest BCUT2D eigenvalue weighted by molar-refractivity contribution is 8.00. The number of nitrogens with one attached hydrogen (secondary N) is 3. The van der Waals surface area contributed by atoms with Crippen LogP contribution >= 0.6 is 11.8 Å². The van der Waals surface area contributed by atoms with Crippen LogP contribution in [-0.2, 0) is 9.59 Å². The predicted molar refractivity (Wildman–Crippen MR) is 172 cm³/mol. The molecule has 0 saturated heterocycles. The molecule has 1 unspecified atom stereocenters. The third kappa shape index (κ3) is 8.50. The maximum Gasteiger partial charge on any atom is 0.272 e. The van der Waals surface area contributed by atoms with Gasteiger partial charge >= 0.3 is 0 Å². The first-order valence-corrected chi connectivity index (χ1v) is 14.4. The SMILES string of the molecule is COc1cccc(/C=C(\NC(=O)c2ccccc2)C(=O)Nc2ccc(SC(C)C(=O)Nc3ccc(C)cc3)cc2)c1OC. The molecule has 9 heteroatoms. The zero-order valence-corrected chi connectivity index (χ0v) is 25.2. The highest BCUT2D eigenvalue weighted by atomic mass is 32.2. The zero-order chi connectivity index (χ0) is 30.8. The van der Waals surface area contributed by atoms with Gasteiger partial charge in [0.2, 0.25) is 5.91 Å². The summed E-state index contributed by atoms with van der Waals surface area (Å²) in [7, 11) is 3.03. The summed E-state index contributed by atoms with van der Waals surface area (Å²) in [6, 6.07) is 28.7. The standard InChI is InChI=1S/C34H33N3O5S/c1-22-13-15-26(16-14-22)35-32(38)23(2)43-28-19-17-27(18-20-28)36-34(40)29(37-33(39)24-9-6-5-7-10-24)21-25-11-8-12-30(41-3)31(25)42-4/h5-21,23H,1-4H3,(H,35,38)(H,36,40)(H,37,39)/b29-21-. The summed E-state index contributed by atoms with van der Waals surface area (Å²) in [4.78, 5) is 40.0. The number of anilines is 2. The van der Waals surface area contributed by atoms with Gasteiger partial charge in [-0.05, 0) is 74.5 Å². The van der Waals surface area contributed by atoms with Gasteiger partial charge in [-0.2, -0.15) is 0 Å². The van der Waals surface area contributed by atoms with E-state index in [9.17, 15) is 14.4 Å². The van der Waals surface area contributed by atoms with Crippen molar-refractivity contribution in [3.05, 3.63) is 119 Å². The number of aryl methyl sites for hydroxylation is 1. The quantitative estimate of drug-likeness (QED) is 0.134. The number of carbonyl (C=O) groups excluding carboxylic acids is 3. The lowest BCUT2D eigenvalue weighted by molar-refractivity contribution is -0.115. The topological polar surface area (TPSA) is 106 Å². The fraction of sp³-hybridized carbons (Fsp3) is 0.147. The minimum Gasteiger partial charge on any atom is -0.493 e. The largest absolute Gasteiger partial charge is 0.493 e. The lowest BCUT2D eigenvalue weighted by atomic mass is 10.1. The molecule has 220 valence electrons. The van der Waals surface area contributed by atoms with Crippen LogP contribution in [0.2, 0.25) is 0 Å². The molecule has 4 rings (SSSR count). The van der Waals surface area contributed by atoms with Crippen LogP contribution in [0.4, 0.5) is 11.4 Å². The maximum atomic E-state index is 13.5. The van der Waals surface area contributed by atoms with Crippen LogP contribution in [0.1, 0.15) is 28.4 Å². The van der Waals surface area contributed by atoms with Crippen molar-refractivity contribution < 1.29 is 23.9 Å². The summed E-state index contributed by atoms with van der Waals surface area (Å²) >= 11 is 1.40. The second kappa shape index (κ2) is 14.7. The molecule has 0 spiro atoms. The van der Waals surface area contributed by atoms with Gasteiger partial charge in [0.05, 0.1) is 19.5 Å². The molecule has 0 fully saturated rings. The first-order valence-electron chi connectivity index (χ1n) is 13.5. The molecule has 1 atom stereocenters. The smallest absolute Gasteiger partial charge is 0.272 e. The van der Waals surface area contributed by atoms with E-state index in [0.717, 1.165) is 16.1 Å². The van der Waals surface area contributed by atoms with Crippen molar-refractivity contribution in [2.24, 2.45) is 0 Å². The number of rotatable bonds is 11. The number of carbonyl (C=O) groups is 3. The Morgan fingerprint density at radius 2 is 1.42 bits per heavy atom. The molecular weight excluding hydrogens is 562 g/mol. The number of methoxy groups -OCH3 is 2.